The minimum Gasteiger partial charge on any atom is -0.481 e. The van der Waals surface area contributed by atoms with E-state index < -0.39 is 36.0 Å². The molecule has 0 saturated heterocycles. The zero-order chi connectivity index (χ0) is 14.4. The predicted molar refractivity (Wildman–Crippen MR) is 61.7 cm³/mol. The van der Waals surface area contributed by atoms with E-state index in [1.54, 1.807) is 0 Å². The summed E-state index contributed by atoms with van der Waals surface area (Å²) >= 11 is 0. The van der Waals surface area contributed by atoms with Crippen LogP contribution in [0.25, 0.3) is 0 Å². The van der Waals surface area contributed by atoms with E-state index in [0.717, 1.165) is 12.1 Å². The molecule has 1 aromatic rings. The van der Waals surface area contributed by atoms with Crippen molar-refractivity contribution in [3.05, 3.63) is 29.8 Å². The van der Waals surface area contributed by atoms with Gasteiger partial charge in [-0.2, -0.15) is 0 Å². The minimum absolute atomic E-state index is 0.0522. The van der Waals surface area contributed by atoms with Gasteiger partial charge in [-0.05, 0) is 12.1 Å². The predicted octanol–water partition coefficient (Wildman–Crippen LogP) is 1.18. The Morgan fingerprint density at radius 2 is 2.11 bits per heavy atom. The van der Waals surface area contributed by atoms with E-state index in [1.807, 2.05) is 0 Å². The maximum Gasteiger partial charge on any atom is 0.308 e. The van der Waals surface area contributed by atoms with Crippen LogP contribution < -0.4 is 10.1 Å². The number of ether oxygens (including phenoxy) is 1. The van der Waals surface area contributed by atoms with Crippen molar-refractivity contribution in [3.63, 3.8) is 0 Å². The minimum atomic E-state index is -1.04. The molecular formula is C12H13F2NO4. The Hall–Kier alpha value is -2.18. The van der Waals surface area contributed by atoms with Crippen LogP contribution in [0.1, 0.15) is 6.92 Å². The molecule has 0 aliphatic rings. The lowest BCUT2D eigenvalue weighted by molar-refractivity contribution is -0.141. The lowest BCUT2D eigenvalue weighted by atomic mass is 10.2. The Balaban J connectivity index is 2.40. The van der Waals surface area contributed by atoms with Gasteiger partial charge in [-0.15, -0.1) is 0 Å². The summed E-state index contributed by atoms with van der Waals surface area (Å²) in [5, 5.41) is 10.9. The molecule has 7 heteroatoms. The zero-order valence-electron chi connectivity index (χ0n) is 10.2. The molecule has 19 heavy (non-hydrogen) atoms. The Kier molecular flexibility index (Phi) is 5.23. The molecule has 1 unspecified atom stereocenters. The molecule has 0 aliphatic carbocycles. The molecule has 0 bridgehead atoms. The maximum atomic E-state index is 13.1. The summed E-state index contributed by atoms with van der Waals surface area (Å²) in [6, 6.07) is 2.71. The molecule has 0 aromatic heterocycles. The van der Waals surface area contributed by atoms with Crippen LogP contribution in [0.15, 0.2) is 18.2 Å². The zero-order valence-corrected chi connectivity index (χ0v) is 10.2. The number of carbonyl (C=O) groups is 2. The normalized spacial score (nSPS) is 11.7. The summed E-state index contributed by atoms with van der Waals surface area (Å²) in [6.45, 7) is 0.904. The fourth-order valence-corrected chi connectivity index (χ4v) is 1.14. The number of benzene rings is 1. The van der Waals surface area contributed by atoms with Crippen molar-refractivity contribution in [1.29, 1.82) is 0 Å². The first kappa shape index (κ1) is 14.9. The van der Waals surface area contributed by atoms with Crippen LogP contribution in [0, 0.1) is 17.6 Å². The van der Waals surface area contributed by atoms with Gasteiger partial charge >= 0.3 is 5.97 Å². The van der Waals surface area contributed by atoms with E-state index in [0.29, 0.717) is 6.07 Å². The average molecular weight is 273 g/mol. The van der Waals surface area contributed by atoms with Crippen LogP contribution in [0.3, 0.4) is 0 Å². The number of aliphatic carboxylic acids is 1. The number of amides is 1. The van der Waals surface area contributed by atoms with E-state index in [1.165, 1.54) is 6.92 Å². The van der Waals surface area contributed by atoms with Gasteiger partial charge in [-0.1, -0.05) is 6.92 Å². The molecular weight excluding hydrogens is 260 g/mol. The molecule has 1 atom stereocenters. The molecule has 1 aromatic carbocycles. The second-order valence-corrected chi connectivity index (χ2v) is 3.91. The molecule has 1 amide bonds. The largest absolute Gasteiger partial charge is 0.481 e. The van der Waals surface area contributed by atoms with Crippen molar-refractivity contribution in [2.75, 3.05) is 13.2 Å². The fraction of sp³-hybridized carbons (Fsp3) is 0.333. The number of hydrogen-bond acceptors (Lipinski definition) is 3. The summed E-state index contributed by atoms with van der Waals surface area (Å²) in [4.78, 5) is 21.8. The second kappa shape index (κ2) is 6.67. The Morgan fingerprint density at radius 1 is 1.42 bits per heavy atom. The lowest BCUT2D eigenvalue weighted by Crippen LogP contribution is -2.34. The topological polar surface area (TPSA) is 75.6 Å². The number of hydrogen-bond donors (Lipinski definition) is 2. The number of nitrogens with one attached hydrogen (secondary N) is 1. The number of carboxylic acids is 1. The fourth-order valence-electron chi connectivity index (χ4n) is 1.14. The van der Waals surface area contributed by atoms with E-state index in [4.69, 9.17) is 9.84 Å². The highest BCUT2D eigenvalue weighted by molar-refractivity contribution is 5.78. The SMILES string of the molecule is CC(CNC(=O)COc1ccc(F)cc1F)C(=O)O. The van der Waals surface area contributed by atoms with Crippen molar-refractivity contribution < 1.29 is 28.2 Å². The molecule has 1 rings (SSSR count). The molecule has 2 N–H and O–H groups in total. The van der Waals surface area contributed by atoms with Crippen molar-refractivity contribution in [1.82, 2.24) is 5.32 Å². The quantitative estimate of drug-likeness (QED) is 0.816. The summed E-state index contributed by atoms with van der Waals surface area (Å²) in [6.07, 6.45) is 0. The van der Waals surface area contributed by atoms with Gasteiger partial charge in [0, 0.05) is 12.6 Å². The number of halogens is 2. The number of rotatable bonds is 6. The average Bonchev–Trinajstić information content (AvgIpc) is 2.34. The van der Waals surface area contributed by atoms with Crippen molar-refractivity contribution >= 4 is 11.9 Å². The summed E-state index contributed by atoms with van der Waals surface area (Å²) in [5.74, 6) is -4.26. The Bertz CT molecular complexity index is 479. The molecule has 0 spiro atoms. The maximum absolute atomic E-state index is 13.1. The first-order chi connectivity index (χ1) is 8.90. The van der Waals surface area contributed by atoms with Crippen LogP contribution >= 0.6 is 0 Å². The second-order valence-electron chi connectivity index (χ2n) is 3.91. The smallest absolute Gasteiger partial charge is 0.308 e. The highest BCUT2D eigenvalue weighted by Crippen LogP contribution is 2.17. The van der Waals surface area contributed by atoms with Gasteiger partial charge in [0.2, 0.25) is 0 Å². The van der Waals surface area contributed by atoms with Crippen molar-refractivity contribution in [2.45, 2.75) is 6.92 Å². The molecule has 104 valence electrons. The molecule has 5 nitrogen and oxygen atoms in total. The third-order valence-electron chi connectivity index (χ3n) is 2.28. The first-order valence-corrected chi connectivity index (χ1v) is 5.47. The first-order valence-electron chi connectivity index (χ1n) is 5.47. The van der Waals surface area contributed by atoms with Gasteiger partial charge in [-0.25, -0.2) is 8.78 Å². The lowest BCUT2D eigenvalue weighted by Gasteiger charge is -2.10. The van der Waals surface area contributed by atoms with Crippen molar-refractivity contribution in [2.24, 2.45) is 5.92 Å². The van der Waals surface area contributed by atoms with E-state index in [2.05, 4.69) is 5.32 Å². The Morgan fingerprint density at radius 3 is 2.68 bits per heavy atom. The van der Waals surface area contributed by atoms with Crippen LogP contribution in [0.2, 0.25) is 0 Å². The van der Waals surface area contributed by atoms with Gasteiger partial charge in [-0.3, -0.25) is 9.59 Å². The molecule has 0 fully saturated rings. The molecule has 0 saturated carbocycles. The monoisotopic (exact) mass is 273 g/mol. The molecule has 0 aliphatic heterocycles. The highest BCUT2D eigenvalue weighted by atomic mass is 19.1. The highest BCUT2D eigenvalue weighted by Gasteiger charge is 2.13. The number of carbonyl (C=O) groups excluding carboxylic acids is 1. The van der Waals surface area contributed by atoms with E-state index >= 15 is 0 Å². The van der Waals surface area contributed by atoms with Crippen LogP contribution in [0.5, 0.6) is 5.75 Å². The summed E-state index contributed by atoms with van der Waals surface area (Å²) < 4.78 is 30.6. The van der Waals surface area contributed by atoms with Crippen LogP contribution in [-0.2, 0) is 9.59 Å². The molecule has 0 radical (unpaired) electrons. The van der Waals surface area contributed by atoms with Gasteiger partial charge in [0.1, 0.15) is 5.82 Å². The van der Waals surface area contributed by atoms with Gasteiger partial charge < -0.3 is 15.2 Å². The third-order valence-corrected chi connectivity index (χ3v) is 2.28. The standard InChI is InChI=1S/C12H13F2NO4/c1-7(12(17)18)5-15-11(16)6-19-10-3-2-8(13)4-9(10)14/h2-4,7H,5-6H2,1H3,(H,15,16)(H,17,18). The van der Waals surface area contributed by atoms with Crippen LogP contribution in [-0.4, -0.2) is 30.1 Å². The van der Waals surface area contributed by atoms with E-state index in [-0.39, 0.29) is 12.3 Å². The van der Waals surface area contributed by atoms with E-state index in [9.17, 15) is 18.4 Å². The molecule has 0 heterocycles. The van der Waals surface area contributed by atoms with Gasteiger partial charge in [0.25, 0.3) is 5.91 Å². The van der Waals surface area contributed by atoms with Crippen molar-refractivity contribution in [3.8, 4) is 5.75 Å². The van der Waals surface area contributed by atoms with Crippen LogP contribution in [0.4, 0.5) is 8.78 Å². The summed E-state index contributed by atoms with van der Waals surface area (Å²) in [5.41, 5.74) is 0. The summed E-state index contributed by atoms with van der Waals surface area (Å²) in [7, 11) is 0. The van der Waals surface area contributed by atoms with Gasteiger partial charge in [0.05, 0.1) is 5.92 Å². The Labute approximate surface area is 108 Å². The van der Waals surface area contributed by atoms with Gasteiger partial charge in [0.15, 0.2) is 18.2 Å². The number of carboxylic acid groups (broad SMARTS) is 1. The third kappa shape index (κ3) is 4.90.